The average Bonchev–Trinajstić information content (AvgIpc) is 1.93. The smallest absolute Gasteiger partial charge is 0.217 e. The van der Waals surface area contributed by atoms with E-state index in [2.05, 4.69) is 17.6 Å². The van der Waals surface area contributed by atoms with Gasteiger partial charge in [0.2, 0.25) is 5.91 Å². The van der Waals surface area contributed by atoms with Crippen LogP contribution in [0.3, 0.4) is 0 Å². The molecule has 2 N–H and O–H groups in total. The lowest BCUT2D eigenvalue weighted by Crippen LogP contribution is -2.51. The number of hydrogen-bond donors (Lipinski definition) is 2. The minimum Gasteiger partial charge on any atom is -0.352 e. The summed E-state index contributed by atoms with van der Waals surface area (Å²) in [5.74, 6) is 0.0746. The van der Waals surface area contributed by atoms with Crippen LogP contribution in [-0.2, 0) is 4.79 Å². The first-order valence-corrected chi connectivity index (χ1v) is 4.20. The first-order valence-electron chi connectivity index (χ1n) is 4.20. The van der Waals surface area contributed by atoms with Crippen LogP contribution in [0, 0.1) is 0 Å². The minimum absolute atomic E-state index is 0.0746. The van der Waals surface area contributed by atoms with Crippen LogP contribution in [0.5, 0.6) is 0 Å². The van der Waals surface area contributed by atoms with Crippen molar-refractivity contribution in [2.75, 3.05) is 6.54 Å². The van der Waals surface area contributed by atoms with Gasteiger partial charge >= 0.3 is 0 Å². The monoisotopic (exact) mass is 156 g/mol. The van der Waals surface area contributed by atoms with Crippen LogP contribution in [0.15, 0.2) is 0 Å². The summed E-state index contributed by atoms with van der Waals surface area (Å²) in [4.78, 5) is 10.7. The molecule has 0 aromatic heterocycles. The van der Waals surface area contributed by atoms with E-state index in [1.54, 1.807) is 6.92 Å². The Morgan fingerprint density at radius 3 is 2.91 bits per heavy atom. The molecule has 3 heteroatoms. The van der Waals surface area contributed by atoms with Gasteiger partial charge in [0.05, 0.1) is 0 Å². The van der Waals surface area contributed by atoms with E-state index in [4.69, 9.17) is 0 Å². The highest BCUT2D eigenvalue weighted by molar-refractivity contribution is 5.73. The number of hydrogen-bond acceptors (Lipinski definition) is 2. The molecule has 1 amide bonds. The maximum Gasteiger partial charge on any atom is 0.217 e. The summed E-state index contributed by atoms with van der Waals surface area (Å²) in [6.07, 6.45) is 2.27. The van der Waals surface area contributed by atoms with Crippen LogP contribution < -0.4 is 10.6 Å². The Kier molecular flexibility index (Phi) is 2.88. The molecule has 0 aliphatic carbocycles. The highest BCUT2D eigenvalue weighted by atomic mass is 16.1. The van der Waals surface area contributed by atoms with Crippen molar-refractivity contribution in [1.82, 2.24) is 10.6 Å². The number of carbonyl (C=O) groups is 1. The van der Waals surface area contributed by atoms with E-state index in [9.17, 15) is 4.79 Å². The third-order valence-corrected chi connectivity index (χ3v) is 2.15. The summed E-state index contributed by atoms with van der Waals surface area (Å²) in [6.45, 7) is 4.76. The summed E-state index contributed by atoms with van der Waals surface area (Å²) in [5, 5.41) is 6.25. The molecule has 1 aliphatic rings. The number of rotatable bonds is 1. The van der Waals surface area contributed by atoms with Gasteiger partial charge in [0, 0.05) is 19.0 Å². The molecule has 1 fully saturated rings. The van der Waals surface area contributed by atoms with Crippen LogP contribution in [-0.4, -0.2) is 24.5 Å². The molecule has 1 aliphatic heterocycles. The lowest BCUT2D eigenvalue weighted by Gasteiger charge is -2.30. The molecule has 2 unspecified atom stereocenters. The quantitative estimate of drug-likeness (QED) is 0.572. The fraction of sp³-hybridized carbons (Fsp3) is 0.875. The van der Waals surface area contributed by atoms with Crippen LogP contribution in [0.25, 0.3) is 0 Å². The van der Waals surface area contributed by atoms with Gasteiger partial charge in [-0.25, -0.2) is 0 Å². The lowest BCUT2D eigenvalue weighted by atomic mass is 10.00. The zero-order valence-corrected chi connectivity index (χ0v) is 7.18. The van der Waals surface area contributed by atoms with Crippen LogP contribution in [0.1, 0.15) is 26.7 Å². The molecule has 1 rings (SSSR count). The highest BCUT2D eigenvalue weighted by Crippen LogP contribution is 2.07. The van der Waals surface area contributed by atoms with Crippen molar-refractivity contribution in [2.45, 2.75) is 38.8 Å². The molecule has 0 bridgehead atoms. The second-order valence-corrected chi connectivity index (χ2v) is 3.19. The van der Waals surface area contributed by atoms with Gasteiger partial charge < -0.3 is 10.6 Å². The van der Waals surface area contributed by atoms with E-state index < -0.39 is 0 Å². The lowest BCUT2D eigenvalue weighted by molar-refractivity contribution is -0.120. The van der Waals surface area contributed by atoms with Gasteiger partial charge in [-0.15, -0.1) is 0 Å². The molecule has 0 spiro atoms. The van der Waals surface area contributed by atoms with Gasteiger partial charge in [0.25, 0.3) is 0 Å². The molecular formula is C8H16N2O. The summed E-state index contributed by atoms with van der Waals surface area (Å²) in [7, 11) is 0. The Balaban J connectivity index is 2.35. The van der Waals surface area contributed by atoms with Crippen molar-refractivity contribution in [3.8, 4) is 0 Å². The van der Waals surface area contributed by atoms with Crippen LogP contribution in [0.2, 0.25) is 0 Å². The van der Waals surface area contributed by atoms with E-state index in [0.29, 0.717) is 12.1 Å². The minimum atomic E-state index is 0.0746. The van der Waals surface area contributed by atoms with E-state index in [0.717, 1.165) is 19.4 Å². The molecule has 0 saturated carbocycles. The van der Waals surface area contributed by atoms with Gasteiger partial charge in [0.1, 0.15) is 0 Å². The van der Waals surface area contributed by atoms with Crippen LogP contribution in [0.4, 0.5) is 0 Å². The predicted octanol–water partition coefficient (Wildman–Crippen LogP) is 0.263. The topological polar surface area (TPSA) is 41.1 Å². The van der Waals surface area contributed by atoms with E-state index in [-0.39, 0.29) is 5.91 Å². The van der Waals surface area contributed by atoms with E-state index in [1.807, 2.05) is 0 Å². The Morgan fingerprint density at radius 2 is 2.36 bits per heavy atom. The van der Waals surface area contributed by atoms with Crippen molar-refractivity contribution in [3.05, 3.63) is 0 Å². The predicted molar refractivity (Wildman–Crippen MR) is 44.3 cm³/mol. The van der Waals surface area contributed by atoms with E-state index >= 15 is 0 Å². The summed E-state index contributed by atoms with van der Waals surface area (Å²) >= 11 is 0. The SMILES string of the molecule is CC(=O)NC1CCCNC1C. The molecule has 1 saturated heterocycles. The fourth-order valence-electron chi connectivity index (χ4n) is 1.50. The number of piperidine rings is 1. The first-order chi connectivity index (χ1) is 5.20. The Labute approximate surface area is 67.5 Å². The number of amides is 1. The standard InChI is InChI=1S/C8H16N2O/c1-6-8(10-7(2)11)4-3-5-9-6/h6,8-9H,3-5H2,1-2H3,(H,10,11). The zero-order valence-electron chi connectivity index (χ0n) is 7.18. The summed E-state index contributed by atoms with van der Waals surface area (Å²) in [5.41, 5.74) is 0. The Hall–Kier alpha value is -0.570. The van der Waals surface area contributed by atoms with Gasteiger partial charge in [-0.1, -0.05) is 0 Å². The average molecular weight is 156 g/mol. The fourth-order valence-corrected chi connectivity index (χ4v) is 1.50. The maximum absolute atomic E-state index is 10.7. The van der Waals surface area contributed by atoms with Crippen LogP contribution >= 0.6 is 0 Å². The largest absolute Gasteiger partial charge is 0.352 e. The van der Waals surface area contributed by atoms with E-state index in [1.165, 1.54) is 0 Å². The molecule has 0 aromatic rings. The van der Waals surface area contributed by atoms with Gasteiger partial charge in [-0.2, -0.15) is 0 Å². The zero-order chi connectivity index (χ0) is 8.27. The number of nitrogens with one attached hydrogen (secondary N) is 2. The molecule has 3 nitrogen and oxygen atoms in total. The first kappa shape index (κ1) is 8.53. The second-order valence-electron chi connectivity index (χ2n) is 3.19. The number of carbonyl (C=O) groups excluding carboxylic acids is 1. The third kappa shape index (κ3) is 2.50. The molecule has 1 heterocycles. The third-order valence-electron chi connectivity index (χ3n) is 2.15. The van der Waals surface area contributed by atoms with Gasteiger partial charge in [-0.05, 0) is 26.3 Å². The molecule has 0 radical (unpaired) electrons. The van der Waals surface area contributed by atoms with Crippen molar-refractivity contribution < 1.29 is 4.79 Å². The normalized spacial score (nSPS) is 31.5. The second kappa shape index (κ2) is 3.72. The van der Waals surface area contributed by atoms with Crippen molar-refractivity contribution in [3.63, 3.8) is 0 Å². The maximum atomic E-state index is 10.7. The highest BCUT2D eigenvalue weighted by Gasteiger charge is 2.20. The Bertz CT molecular complexity index is 147. The molecular weight excluding hydrogens is 140 g/mol. The van der Waals surface area contributed by atoms with Gasteiger partial charge in [-0.3, -0.25) is 4.79 Å². The Morgan fingerprint density at radius 1 is 1.64 bits per heavy atom. The van der Waals surface area contributed by atoms with Crippen molar-refractivity contribution >= 4 is 5.91 Å². The molecule has 64 valence electrons. The summed E-state index contributed by atoms with van der Waals surface area (Å²) in [6, 6.07) is 0.758. The van der Waals surface area contributed by atoms with Crippen molar-refractivity contribution in [2.24, 2.45) is 0 Å². The molecule has 2 atom stereocenters. The van der Waals surface area contributed by atoms with Gasteiger partial charge in [0.15, 0.2) is 0 Å². The molecule has 11 heavy (non-hydrogen) atoms. The summed E-state index contributed by atoms with van der Waals surface area (Å²) < 4.78 is 0. The molecule has 0 aromatic carbocycles. The van der Waals surface area contributed by atoms with Crippen molar-refractivity contribution in [1.29, 1.82) is 0 Å².